The number of aliphatic imine (C=N–C) groups is 1. The molecule has 0 aromatic carbocycles. The maximum absolute atomic E-state index is 4.83. The molecule has 0 aliphatic carbocycles. The van der Waals surface area contributed by atoms with E-state index < -0.39 is 0 Å². The molecule has 0 saturated carbocycles. The first-order valence-corrected chi connectivity index (χ1v) is 9.92. The van der Waals surface area contributed by atoms with E-state index >= 15 is 0 Å². The topological polar surface area (TPSA) is 84.9 Å². The Balaban J connectivity index is 0.00000392. The van der Waals surface area contributed by atoms with E-state index in [1.54, 1.807) is 0 Å². The molecule has 0 fully saturated rings. The van der Waals surface area contributed by atoms with Gasteiger partial charge < -0.3 is 15.2 Å². The van der Waals surface area contributed by atoms with Crippen LogP contribution in [-0.2, 0) is 40.0 Å². The van der Waals surface area contributed by atoms with Crippen LogP contribution < -0.4 is 10.6 Å². The van der Waals surface area contributed by atoms with Gasteiger partial charge in [-0.1, -0.05) is 27.2 Å². The fourth-order valence-corrected chi connectivity index (χ4v) is 3.06. The van der Waals surface area contributed by atoms with E-state index in [0.717, 1.165) is 55.5 Å². The Morgan fingerprint density at radius 3 is 2.39 bits per heavy atom. The molecule has 0 atom stereocenters. The summed E-state index contributed by atoms with van der Waals surface area (Å²) in [5, 5.41) is 19.8. The molecule has 158 valence electrons. The number of guanidine groups is 1. The van der Waals surface area contributed by atoms with Crippen molar-refractivity contribution in [1.29, 1.82) is 0 Å². The van der Waals surface area contributed by atoms with Crippen LogP contribution in [0.15, 0.2) is 4.99 Å². The average Bonchev–Trinajstić information content (AvgIpc) is 3.15. The summed E-state index contributed by atoms with van der Waals surface area (Å²) < 4.78 is 3.98. The zero-order chi connectivity index (χ0) is 19.8. The predicted octanol–water partition coefficient (Wildman–Crippen LogP) is 2.64. The summed E-state index contributed by atoms with van der Waals surface area (Å²) in [4.78, 5) is 4.83. The molecule has 2 aromatic rings. The van der Waals surface area contributed by atoms with E-state index in [1.807, 2.05) is 30.3 Å². The second-order valence-electron chi connectivity index (χ2n) is 6.72. The highest BCUT2D eigenvalue weighted by atomic mass is 127. The van der Waals surface area contributed by atoms with Gasteiger partial charge in [0.1, 0.15) is 5.82 Å². The van der Waals surface area contributed by atoms with Crippen LogP contribution in [0.3, 0.4) is 0 Å². The van der Waals surface area contributed by atoms with E-state index in [4.69, 9.17) is 4.99 Å². The van der Waals surface area contributed by atoms with Gasteiger partial charge in [-0.25, -0.2) is 4.99 Å². The Morgan fingerprint density at radius 2 is 1.82 bits per heavy atom. The molecule has 28 heavy (non-hydrogen) atoms. The van der Waals surface area contributed by atoms with Crippen molar-refractivity contribution >= 4 is 29.9 Å². The normalized spacial score (nSPS) is 11.4. The van der Waals surface area contributed by atoms with Gasteiger partial charge in [0.05, 0.1) is 18.8 Å². The molecular formula is C19H35IN8. The first kappa shape index (κ1) is 24.4. The van der Waals surface area contributed by atoms with Crippen LogP contribution >= 0.6 is 24.0 Å². The highest BCUT2D eigenvalue weighted by Crippen LogP contribution is 2.16. The summed E-state index contributed by atoms with van der Waals surface area (Å²) in [6.07, 6.45) is 4.13. The summed E-state index contributed by atoms with van der Waals surface area (Å²) in [7, 11) is 3.99. The lowest BCUT2D eigenvalue weighted by Gasteiger charge is -2.12. The molecule has 0 unspecified atom stereocenters. The van der Waals surface area contributed by atoms with Gasteiger partial charge in [0, 0.05) is 31.9 Å². The van der Waals surface area contributed by atoms with E-state index in [1.165, 1.54) is 11.3 Å². The predicted molar refractivity (Wildman–Crippen MR) is 124 cm³/mol. The van der Waals surface area contributed by atoms with Gasteiger partial charge in [0.25, 0.3) is 0 Å². The lowest BCUT2D eigenvalue weighted by Crippen LogP contribution is -2.38. The van der Waals surface area contributed by atoms with E-state index in [0.29, 0.717) is 13.1 Å². The number of aromatic nitrogens is 5. The molecule has 0 saturated heterocycles. The zero-order valence-electron chi connectivity index (χ0n) is 18.0. The Kier molecular flexibility index (Phi) is 10.5. The van der Waals surface area contributed by atoms with Crippen LogP contribution in [-0.4, -0.2) is 37.0 Å². The van der Waals surface area contributed by atoms with Crippen LogP contribution in [0.1, 0.15) is 62.2 Å². The molecule has 2 aromatic heterocycles. The number of rotatable bonds is 9. The lowest BCUT2D eigenvalue weighted by atomic mass is 10.1. The zero-order valence-corrected chi connectivity index (χ0v) is 20.4. The van der Waals surface area contributed by atoms with Gasteiger partial charge in [-0.3, -0.25) is 4.68 Å². The number of nitrogens with zero attached hydrogens (tertiary/aromatic N) is 6. The van der Waals surface area contributed by atoms with Crippen molar-refractivity contribution in [2.24, 2.45) is 19.1 Å². The third kappa shape index (κ3) is 6.18. The number of halogens is 1. The summed E-state index contributed by atoms with van der Waals surface area (Å²) >= 11 is 0. The largest absolute Gasteiger partial charge is 0.356 e. The van der Waals surface area contributed by atoms with E-state index in [9.17, 15) is 0 Å². The minimum Gasteiger partial charge on any atom is -0.356 e. The summed E-state index contributed by atoms with van der Waals surface area (Å²) in [6, 6.07) is 0. The van der Waals surface area contributed by atoms with Gasteiger partial charge >= 0.3 is 0 Å². The van der Waals surface area contributed by atoms with Crippen molar-refractivity contribution in [1.82, 2.24) is 35.2 Å². The first-order chi connectivity index (χ1) is 13.0. The van der Waals surface area contributed by atoms with Crippen molar-refractivity contribution in [2.45, 2.75) is 66.5 Å². The van der Waals surface area contributed by atoms with Crippen LogP contribution in [0.5, 0.6) is 0 Å². The van der Waals surface area contributed by atoms with Crippen molar-refractivity contribution in [2.75, 3.05) is 6.54 Å². The third-order valence-corrected chi connectivity index (χ3v) is 4.84. The highest BCUT2D eigenvalue weighted by Gasteiger charge is 2.13. The molecule has 8 nitrogen and oxygen atoms in total. The number of unbranched alkanes of at least 4 members (excludes halogenated alkanes) is 1. The molecule has 0 bridgehead atoms. The maximum Gasteiger partial charge on any atom is 0.191 e. The van der Waals surface area contributed by atoms with Gasteiger partial charge in [-0.2, -0.15) is 5.10 Å². The Bertz CT molecular complexity index is 762. The Labute approximate surface area is 185 Å². The fourth-order valence-electron chi connectivity index (χ4n) is 3.06. The van der Waals surface area contributed by atoms with Gasteiger partial charge in [0.15, 0.2) is 11.8 Å². The summed E-state index contributed by atoms with van der Waals surface area (Å²) in [5.74, 6) is 2.60. The fraction of sp³-hybridized carbons (Fsp3) is 0.684. The summed E-state index contributed by atoms with van der Waals surface area (Å²) in [6.45, 7) is 10.6. The molecular weight excluding hydrogens is 467 g/mol. The maximum atomic E-state index is 4.83. The monoisotopic (exact) mass is 502 g/mol. The molecule has 9 heteroatoms. The van der Waals surface area contributed by atoms with Gasteiger partial charge in [0.2, 0.25) is 0 Å². The average molecular weight is 502 g/mol. The van der Waals surface area contributed by atoms with Crippen molar-refractivity contribution < 1.29 is 0 Å². The lowest BCUT2D eigenvalue weighted by molar-refractivity contribution is 0.694. The molecule has 2 N–H and O–H groups in total. The van der Waals surface area contributed by atoms with Gasteiger partial charge in [-0.15, -0.1) is 34.2 Å². The van der Waals surface area contributed by atoms with E-state index in [2.05, 4.69) is 46.7 Å². The molecule has 0 aliphatic rings. The first-order valence-electron chi connectivity index (χ1n) is 9.92. The molecule has 0 spiro atoms. The van der Waals surface area contributed by atoms with Crippen LogP contribution in [0.4, 0.5) is 0 Å². The minimum absolute atomic E-state index is 0. The summed E-state index contributed by atoms with van der Waals surface area (Å²) in [5.41, 5.74) is 3.64. The molecule has 2 heterocycles. The van der Waals surface area contributed by atoms with Crippen molar-refractivity contribution in [3.8, 4) is 0 Å². The molecule has 0 amide bonds. The number of hydrogen-bond acceptors (Lipinski definition) is 4. The quantitative estimate of drug-likeness (QED) is 0.239. The highest BCUT2D eigenvalue weighted by molar-refractivity contribution is 14.0. The van der Waals surface area contributed by atoms with Crippen molar-refractivity contribution in [3.05, 3.63) is 28.6 Å². The van der Waals surface area contributed by atoms with Gasteiger partial charge in [-0.05, 0) is 26.2 Å². The number of aryl methyl sites for hydroxylation is 3. The molecule has 2 rings (SSSR count). The smallest absolute Gasteiger partial charge is 0.191 e. The standard InChI is InChI=1S/C19H34N8.HI/c1-7-10-11-20-19(22-13-18-24-23-14(4)26(18)5)21-12-15-16(8-2)25-27(6)17(15)9-3;/h7-13H2,1-6H3,(H2,20,21,22);1H. The number of nitrogens with one attached hydrogen (secondary N) is 2. The second-order valence-corrected chi connectivity index (χ2v) is 6.72. The second kappa shape index (κ2) is 12.0. The van der Waals surface area contributed by atoms with Crippen molar-refractivity contribution in [3.63, 3.8) is 0 Å². The van der Waals surface area contributed by atoms with Crippen LogP contribution in [0, 0.1) is 6.92 Å². The van der Waals surface area contributed by atoms with Crippen LogP contribution in [0.25, 0.3) is 0 Å². The molecule has 0 radical (unpaired) electrons. The SMILES string of the molecule is CCCCNC(=NCc1c(CC)nn(C)c1CC)NCc1nnc(C)n1C.I. The van der Waals surface area contributed by atoms with E-state index in [-0.39, 0.29) is 24.0 Å². The van der Waals surface area contributed by atoms with Crippen LogP contribution in [0.2, 0.25) is 0 Å². The Morgan fingerprint density at radius 1 is 1.07 bits per heavy atom. The third-order valence-electron chi connectivity index (χ3n) is 4.84. The minimum atomic E-state index is 0. The number of hydrogen-bond donors (Lipinski definition) is 2. The Hall–Kier alpha value is -1.65. The molecule has 0 aliphatic heterocycles.